The molecular formula is C7H15O4. The minimum atomic E-state index is -0.204. The first-order chi connectivity index (χ1) is 5.31. The van der Waals surface area contributed by atoms with E-state index in [-0.39, 0.29) is 19.7 Å². The molecule has 0 aliphatic heterocycles. The summed E-state index contributed by atoms with van der Waals surface area (Å²) >= 11 is 0. The van der Waals surface area contributed by atoms with Crippen LogP contribution in [0.15, 0.2) is 0 Å². The normalized spacial score (nSPS) is 13.4. The van der Waals surface area contributed by atoms with Gasteiger partial charge in [-0.3, -0.25) is 0 Å². The van der Waals surface area contributed by atoms with E-state index in [1.807, 2.05) is 0 Å². The molecule has 11 heavy (non-hydrogen) atoms. The molecule has 0 saturated heterocycles. The van der Waals surface area contributed by atoms with E-state index in [1.54, 1.807) is 14.2 Å². The molecule has 0 aromatic rings. The molecule has 0 aliphatic rings. The number of ether oxygens (including phenoxy) is 4. The maximum atomic E-state index is 5.02. The summed E-state index contributed by atoms with van der Waals surface area (Å²) in [5, 5.41) is 0. The van der Waals surface area contributed by atoms with Gasteiger partial charge in [-0.15, -0.1) is 0 Å². The molecule has 1 radical (unpaired) electrons. The van der Waals surface area contributed by atoms with Crippen LogP contribution in [-0.4, -0.2) is 40.5 Å². The highest BCUT2D eigenvalue weighted by molar-refractivity contribution is 4.55. The van der Waals surface area contributed by atoms with Gasteiger partial charge in [0.05, 0.1) is 12.7 Å². The molecule has 0 bridgehead atoms. The van der Waals surface area contributed by atoms with Gasteiger partial charge in [0.15, 0.2) is 0 Å². The van der Waals surface area contributed by atoms with E-state index in [9.17, 15) is 0 Å². The second kappa shape index (κ2) is 7.94. The third-order valence-electron chi connectivity index (χ3n) is 0.927. The van der Waals surface area contributed by atoms with Crippen molar-refractivity contribution in [1.82, 2.24) is 0 Å². The lowest BCUT2D eigenvalue weighted by Gasteiger charge is -2.11. The Hall–Kier alpha value is -0.160. The zero-order chi connectivity index (χ0) is 8.53. The minimum Gasteiger partial charge on any atom is -0.359 e. The predicted octanol–water partition coefficient (Wildman–Crippen LogP) is 0.430. The molecular weight excluding hydrogens is 148 g/mol. The molecule has 0 aromatic carbocycles. The second-order valence-electron chi connectivity index (χ2n) is 1.97. The lowest BCUT2D eigenvalue weighted by Crippen LogP contribution is -2.18. The van der Waals surface area contributed by atoms with Crippen molar-refractivity contribution in [2.75, 3.05) is 34.4 Å². The Bertz CT molecular complexity index is 76.8. The Morgan fingerprint density at radius 3 is 2.36 bits per heavy atom. The molecule has 1 atom stereocenters. The maximum absolute atomic E-state index is 5.02. The van der Waals surface area contributed by atoms with E-state index in [0.29, 0.717) is 6.61 Å². The van der Waals surface area contributed by atoms with Gasteiger partial charge in [0.2, 0.25) is 0 Å². The summed E-state index contributed by atoms with van der Waals surface area (Å²) in [6.45, 7) is 4.59. The molecule has 0 aliphatic carbocycles. The third kappa shape index (κ3) is 7.74. The maximum Gasteiger partial charge on any atom is 0.146 e. The summed E-state index contributed by atoms with van der Waals surface area (Å²) in [6, 6.07) is 0. The smallest absolute Gasteiger partial charge is 0.146 e. The van der Waals surface area contributed by atoms with Gasteiger partial charge in [-0.1, -0.05) is 0 Å². The fraction of sp³-hybridized carbons (Fsp3) is 0.857. The molecule has 4 nitrogen and oxygen atoms in total. The predicted molar refractivity (Wildman–Crippen MR) is 39.9 cm³/mol. The first-order valence-electron chi connectivity index (χ1n) is 3.31. The van der Waals surface area contributed by atoms with Gasteiger partial charge in [0.25, 0.3) is 0 Å². The highest BCUT2D eigenvalue weighted by Gasteiger charge is 2.00. The molecule has 0 amide bonds. The monoisotopic (exact) mass is 163 g/mol. The van der Waals surface area contributed by atoms with Gasteiger partial charge < -0.3 is 18.9 Å². The highest BCUT2D eigenvalue weighted by atomic mass is 16.7. The molecule has 0 aromatic heterocycles. The van der Waals surface area contributed by atoms with Gasteiger partial charge in [0, 0.05) is 14.2 Å². The van der Waals surface area contributed by atoms with Crippen LogP contribution >= 0.6 is 0 Å². The van der Waals surface area contributed by atoms with Crippen molar-refractivity contribution in [3.8, 4) is 0 Å². The van der Waals surface area contributed by atoms with Gasteiger partial charge in [0.1, 0.15) is 13.6 Å². The third-order valence-corrected chi connectivity index (χ3v) is 0.927. The fourth-order valence-electron chi connectivity index (χ4n) is 0.475. The van der Waals surface area contributed by atoms with E-state index >= 15 is 0 Å². The SMILES string of the molecule is [CH2]C(COCOC)OCOC. The summed E-state index contributed by atoms with van der Waals surface area (Å²) in [7, 11) is 3.12. The Kier molecular flexibility index (Phi) is 7.83. The van der Waals surface area contributed by atoms with Crippen LogP contribution in [0.4, 0.5) is 0 Å². The number of hydrogen-bond acceptors (Lipinski definition) is 4. The first-order valence-corrected chi connectivity index (χ1v) is 3.31. The zero-order valence-electron chi connectivity index (χ0n) is 7.04. The van der Waals surface area contributed by atoms with E-state index in [4.69, 9.17) is 9.47 Å². The Labute approximate surface area is 67.4 Å². The Morgan fingerprint density at radius 1 is 1.18 bits per heavy atom. The average molecular weight is 163 g/mol. The van der Waals surface area contributed by atoms with E-state index in [1.165, 1.54) is 0 Å². The van der Waals surface area contributed by atoms with E-state index < -0.39 is 0 Å². The largest absolute Gasteiger partial charge is 0.359 e. The zero-order valence-corrected chi connectivity index (χ0v) is 7.04. The van der Waals surface area contributed by atoms with Crippen LogP contribution in [0.5, 0.6) is 0 Å². The molecule has 1 unspecified atom stereocenters. The van der Waals surface area contributed by atoms with Crippen LogP contribution in [0.25, 0.3) is 0 Å². The second-order valence-corrected chi connectivity index (χ2v) is 1.97. The van der Waals surface area contributed by atoms with Gasteiger partial charge >= 0.3 is 0 Å². The number of methoxy groups -OCH3 is 2. The van der Waals surface area contributed by atoms with Crippen LogP contribution in [0.3, 0.4) is 0 Å². The van der Waals surface area contributed by atoms with E-state index in [2.05, 4.69) is 16.4 Å². The number of rotatable bonds is 7. The molecule has 0 N–H and O–H groups in total. The standard InChI is InChI=1S/C7H15O4/c1-7(11-6-9-3)4-10-5-8-2/h7H,1,4-6H2,2-3H3. The average Bonchev–Trinajstić information content (AvgIpc) is 2.01. The molecule has 0 saturated carbocycles. The number of hydrogen-bond donors (Lipinski definition) is 0. The van der Waals surface area contributed by atoms with Crippen molar-refractivity contribution in [2.24, 2.45) is 0 Å². The van der Waals surface area contributed by atoms with Crippen LogP contribution in [0, 0.1) is 6.92 Å². The summed E-state index contributed by atoms with van der Waals surface area (Å²) in [6.07, 6.45) is -0.204. The molecule has 4 heteroatoms. The Morgan fingerprint density at radius 2 is 1.82 bits per heavy atom. The minimum absolute atomic E-state index is 0.204. The summed E-state index contributed by atoms with van der Waals surface area (Å²) in [4.78, 5) is 0. The van der Waals surface area contributed by atoms with Gasteiger partial charge in [-0.05, 0) is 6.92 Å². The fourth-order valence-corrected chi connectivity index (χ4v) is 0.475. The van der Waals surface area contributed by atoms with Crippen molar-refractivity contribution in [3.05, 3.63) is 6.92 Å². The van der Waals surface area contributed by atoms with Gasteiger partial charge in [-0.25, -0.2) is 0 Å². The molecule has 0 fully saturated rings. The lowest BCUT2D eigenvalue weighted by molar-refractivity contribution is -0.106. The summed E-state index contributed by atoms with van der Waals surface area (Å²) in [5.41, 5.74) is 0. The molecule has 67 valence electrons. The van der Waals surface area contributed by atoms with Crippen molar-refractivity contribution in [3.63, 3.8) is 0 Å². The van der Waals surface area contributed by atoms with Crippen LogP contribution < -0.4 is 0 Å². The lowest BCUT2D eigenvalue weighted by atomic mass is 10.4. The van der Waals surface area contributed by atoms with E-state index in [0.717, 1.165) is 0 Å². The van der Waals surface area contributed by atoms with Crippen LogP contribution in [-0.2, 0) is 18.9 Å². The quantitative estimate of drug-likeness (QED) is 0.403. The summed E-state index contributed by atoms with van der Waals surface area (Å²) < 4.78 is 19.3. The van der Waals surface area contributed by atoms with Crippen LogP contribution in [0.1, 0.15) is 0 Å². The van der Waals surface area contributed by atoms with Crippen molar-refractivity contribution < 1.29 is 18.9 Å². The van der Waals surface area contributed by atoms with Gasteiger partial charge in [-0.2, -0.15) is 0 Å². The highest BCUT2D eigenvalue weighted by Crippen LogP contribution is 1.90. The van der Waals surface area contributed by atoms with Crippen LogP contribution in [0.2, 0.25) is 0 Å². The topological polar surface area (TPSA) is 36.9 Å². The first kappa shape index (κ1) is 10.8. The Balaban J connectivity index is 3.02. The van der Waals surface area contributed by atoms with Crippen molar-refractivity contribution in [1.29, 1.82) is 0 Å². The van der Waals surface area contributed by atoms with Crippen molar-refractivity contribution >= 4 is 0 Å². The molecule has 0 spiro atoms. The molecule has 0 rings (SSSR count). The summed E-state index contributed by atoms with van der Waals surface area (Å²) in [5.74, 6) is 0. The molecule has 0 heterocycles. The van der Waals surface area contributed by atoms with Crippen molar-refractivity contribution in [2.45, 2.75) is 6.10 Å².